The molecular weight excluding hydrogens is 775 g/mol. The minimum atomic E-state index is 0.615. The zero-order valence-electron chi connectivity index (χ0n) is 34.9. The van der Waals surface area contributed by atoms with Gasteiger partial charge in [-0.25, -0.2) is 15.0 Å². The standard InChI is InChI=1S/C61H39N3/c1-2-15-40(16-3-1)49-27-13-32-55-50(28-14-31-53(49)55)46-21-10-22-47(39-46)60-62-59(63-61(64-60)57-26-9-8-25-56(57)54-30-11-19-41-17-4-6-23-48(41)54)45-37-34-43(35-38-45)52-29-12-20-44-36-33-42-18-5-7-24-51(42)58(44)52/h1-39H. The van der Waals surface area contributed by atoms with Crippen LogP contribution < -0.4 is 0 Å². The van der Waals surface area contributed by atoms with Gasteiger partial charge in [-0.3, -0.25) is 0 Å². The van der Waals surface area contributed by atoms with Gasteiger partial charge in [-0.05, 0) is 93.7 Å². The Labute approximate surface area is 371 Å². The summed E-state index contributed by atoms with van der Waals surface area (Å²) < 4.78 is 0. The second kappa shape index (κ2) is 15.7. The predicted octanol–water partition coefficient (Wildman–Crippen LogP) is 16.2. The molecule has 0 saturated heterocycles. The quantitative estimate of drug-likeness (QED) is 0.150. The summed E-state index contributed by atoms with van der Waals surface area (Å²) in [5.41, 5.74) is 12.0. The Bertz CT molecular complexity index is 3720. The first-order valence-corrected chi connectivity index (χ1v) is 21.8. The van der Waals surface area contributed by atoms with Crippen LogP contribution >= 0.6 is 0 Å². The van der Waals surface area contributed by atoms with E-state index >= 15 is 0 Å². The Hall–Kier alpha value is -8.53. The van der Waals surface area contributed by atoms with Crippen LogP contribution in [0.3, 0.4) is 0 Å². The molecule has 0 bridgehead atoms. The Morgan fingerprint density at radius 1 is 0.203 bits per heavy atom. The first-order chi connectivity index (χ1) is 31.7. The molecule has 0 fully saturated rings. The molecule has 3 heteroatoms. The van der Waals surface area contributed by atoms with E-state index in [0.29, 0.717) is 17.5 Å². The van der Waals surface area contributed by atoms with Gasteiger partial charge in [0.15, 0.2) is 17.5 Å². The molecule has 12 rings (SSSR count). The maximum absolute atomic E-state index is 5.32. The molecule has 1 heterocycles. The third-order valence-corrected chi connectivity index (χ3v) is 12.5. The maximum Gasteiger partial charge on any atom is 0.164 e. The molecule has 0 amide bonds. The van der Waals surface area contributed by atoms with E-state index in [1.165, 1.54) is 59.8 Å². The summed E-state index contributed by atoms with van der Waals surface area (Å²) in [7, 11) is 0. The smallest absolute Gasteiger partial charge is 0.164 e. The average Bonchev–Trinajstić information content (AvgIpc) is 3.38. The van der Waals surface area contributed by atoms with Crippen LogP contribution in [0.5, 0.6) is 0 Å². The Kier molecular flexibility index (Phi) is 9.16. The highest BCUT2D eigenvalue weighted by Gasteiger charge is 2.18. The molecule has 1 aromatic heterocycles. The van der Waals surface area contributed by atoms with Crippen LogP contribution in [-0.4, -0.2) is 15.0 Å². The summed E-state index contributed by atoms with van der Waals surface area (Å²) in [5.74, 6) is 1.85. The van der Waals surface area contributed by atoms with E-state index in [4.69, 9.17) is 15.0 Å². The van der Waals surface area contributed by atoms with Gasteiger partial charge in [0.2, 0.25) is 0 Å². The molecule has 11 aromatic carbocycles. The minimum Gasteiger partial charge on any atom is -0.208 e. The Morgan fingerprint density at radius 3 is 1.42 bits per heavy atom. The van der Waals surface area contributed by atoms with Crippen LogP contribution in [0.2, 0.25) is 0 Å². The fourth-order valence-electron chi connectivity index (χ4n) is 9.48. The van der Waals surface area contributed by atoms with Crippen molar-refractivity contribution in [2.75, 3.05) is 0 Å². The van der Waals surface area contributed by atoms with Gasteiger partial charge in [0.1, 0.15) is 0 Å². The third-order valence-electron chi connectivity index (χ3n) is 12.5. The highest BCUT2D eigenvalue weighted by Crippen LogP contribution is 2.40. The zero-order valence-corrected chi connectivity index (χ0v) is 34.9. The molecule has 3 nitrogen and oxygen atoms in total. The van der Waals surface area contributed by atoms with Crippen molar-refractivity contribution in [1.82, 2.24) is 15.0 Å². The van der Waals surface area contributed by atoms with E-state index in [1.54, 1.807) is 0 Å². The van der Waals surface area contributed by atoms with Crippen molar-refractivity contribution in [2.24, 2.45) is 0 Å². The molecule has 0 atom stereocenters. The molecule has 0 aliphatic rings. The normalized spacial score (nSPS) is 11.4. The number of nitrogens with zero attached hydrogens (tertiary/aromatic N) is 3. The van der Waals surface area contributed by atoms with Crippen molar-refractivity contribution in [2.45, 2.75) is 0 Å². The summed E-state index contributed by atoms with van der Waals surface area (Å²) in [6, 6.07) is 84.2. The van der Waals surface area contributed by atoms with Gasteiger partial charge in [-0.15, -0.1) is 0 Å². The molecule has 0 aliphatic heterocycles. The number of hydrogen-bond acceptors (Lipinski definition) is 3. The number of fused-ring (bicyclic) bond motifs is 5. The summed E-state index contributed by atoms with van der Waals surface area (Å²) in [5, 5.41) is 9.74. The third kappa shape index (κ3) is 6.59. The van der Waals surface area contributed by atoms with Crippen molar-refractivity contribution in [3.8, 4) is 78.7 Å². The van der Waals surface area contributed by atoms with E-state index in [0.717, 1.165) is 44.5 Å². The number of hydrogen-bond donors (Lipinski definition) is 0. The van der Waals surface area contributed by atoms with Gasteiger partial charge in [0.05, 0.1) is 0 Å². The second-order valence-corrected chi connectivity index (χ2v) is 16.3. The van der Waals surface area contributed by atoms with Crippen molar-refractivity contribution < 1.29 is 0 Å². The monoisotopic (exact) mass is 813 g/mol. The van der Waals surface area contributed by atoms with Gasteiger partial charge >= 0.3 is 0 Å². The van der Waals surface area contributed by atoms with Gasteiger partial charge in [0, 0.05) is 16.7 Å². The SMILES string of the molecule is c1ccc(-c2cccc3c(-c4cccc(-c5nc(-c6ccc(-c7cccc8ccc9ccccc9c78)cc6)nc(-c6ccccc6-c6cccc7ccccc67)n5)c4)cccc23)cc1. The molecule has 0 spiro atoms. The van der Waals surface area contributed by atoms with Crippen LogP contribution in [0.15, 0.2) is 237 Å². The molecule has 0 unspecified atom stereocenters. The molecule has 0 aliphatic carbocycles. The molecule has 298 valence electrons. The fourth-order valence-corrected chi connectivity index (χ4v) is 9.48. The summed E-state index contributed by atoms with van der Waals surface area (Å²) in [6.45, 7) is 0. The lowest BCUT2D eigenvalue weighted by Gasteiger charge is -2.15. The molecule has 0 saturated carbocycles. The van der Waals surface area contributed by atoms with Crippen LogP contribution in [-0.2, 0) is 0 Å². The lowest BCUT2D eigenvalue weighted by atomic mass is 9.92. The van der Waals surface area contributed by atoms with E-state index in [9.17, 15) is 0 Å². The van der Waals surface area contributed by atoms with E-state index in [2.05, 4.69) is 237 Å². The topological polar surface area (TPSA) is 38.7 Å². The molecule has 12 aromatic rings. The number of rotatable bonds is 7. The predicted molar refractivity (Wildman–Crippen MR) is 268 cm³/mol. The van der Waals surface area contributed by atoms with Crippen molar-refractivity contribution in [3.63, 3.8) is 0 Å². The lowest BCUT2D eigenvalue weighted by molar-refractivity contribution is 1.07. The van der Waals surface area contributed by atoms with Crippen LogP contribution in [0.1, 0.15) is 0 Å². The summed E-state index contributed by atoms with van der Waals surface area (Å²) in [6.07, 6.45) is 0. The van der Waals surface area contributed by atoms with Crippen molar-refractivity contribution in [1.29, 1.82) is 0 Å². The van der Waals surface area contributed by atoms with Gasteiger partial charge in [0.25, 0.3) is 0 Å². The van der Waals surface area contributed by atoms with Gasteiger partial charge in [-0.2, -0.15) is 0 Å². The first-order valence-electron chi connectivity index (χ1n) is 21.8. The zero-order chi connectivity index (χ0) is 42.4. The summed E-state index contributed by atoms with van der Waals surface area (Å²) in [4.78, 5) is 15.9. The van der Waals surface area contributed by atoms with Gasteiger partial charge in [-0.1, -0.05) is 231 Å². The van der Waals surface area contributed by atoms with Gasteiger partial charge < -0.3 is 0 Å². The van der Waals surface area contributed by atoms with Crippen molar-refractivity contribution >= 4 is 43.1 Å². The van der Waals surface area contributed by atoms with E-state index in [-0.39, 0.29) is 0 Å². The van der Waals surface area contributed by atoms with Crippen molar-refractivity contribution in [3.05, 3.63) is 237 Å². The van der Waals surface area contributed by atoms with E-state index < -0.39 is 0 Å². The van der Waals surface area contributed by atoms with E-state index in [1.807, 2.05) is 0 Å². The minimum absolute atomic E-state index is 0.615. The second-order valence-electron chi connectivity index (χ2n) is 16.3. The first kappa shape index (κ1) is 37.2. The molecule has 0 radical (unpaired) electrons. The lowest BCUT2D eigenvalue weighted by Crippen LogP contribution is -2.01. The fraction of sp³-hybridized carbons (Fsp3) is 0. The van der Waals surface area contributed by atoms with Crippen LogP contribution in [0.25, 0.3) is 122 Å². The van der Waals surface area contributed by atoms with Crippen LogP contribution in [0, 0.1) is 0 Å². The largest absolute Gasteiger partial charge is 0.208 e. The molecular formula is C61H39N3. The molecule has 0 N–H and O–H groups in total. The Balaban J connectivity index is 1.02. The maximum atomic E-state index is 5.32. The highest BCUT2D eigenvalue weighted by atomic mass is 15.0. The number of benzene rings is 11. The average molecular weight is 814 g/mol. The number of aromatic nitrogens is 3. The highest BCUT2D eigenvalue weighted by molar-refractivity contribution is 6.14. The molecule has 64 heavy (non-hydrogen) atoms. The van der Waals surface area contributed by atoms with Crippen LogP contribution in [0.4, 0.5) is 0 Å². The Morgan fingerprint density at radius 2 is 0.641 bits per heavy atom. The summed E-state index contributed by atoms with van der Waals surface area (Å²) >= 11 is 0.